The molecule has 0 aliphatic carbocycles. The highest BCUT2D eigenvalue weighted by atomic mass is 16.5. The molecular weight excluding hydrogens is 300 g/mol. The zero-order valence-electron chi connectivity index (χ0n) is 13.8. The standard InChI is InChI=1S/C20H24N2O2/c23-13-18(16-7-3-1-4-8-16)21-12-11-20-22(15-21)19(14-24-20)17-9-5-2-6-10-17/h1-10,18-20,23H,11-15H2/t18-,19-,20?/m0/s1. The van der Waals surface area contributed by atoms with E-state index in [1.165, 1.54) is 11.1 Å². The van der Waals surface area contributed by atoms with Gasteiger partial charge in [0.05, 0.1) is 32.0 Å². The Labute approximate surface area is 143 Å². The average molecular weight is 324 g/mol. The fraction of sp³-hybridized carbons (Fsp3) is 0.400. The molecule has 2 aliphatic heterocycles. The molecule has 2 heterocycles. The van der Waals surface area contributed by atoms with Crippen molar-refractivity contribution in [3.8, 4) is 0 Å². The minimum Gasteiger partial charge on any atom is -0.394 e. The van der Waals surface area contributed by atoms with Crippen molar-refractivity contribution < 1.29 is 9.84 Å². The molecule has 3 atom stereocenters. The predicted molar refractivity (Wildman–Crippen MR) is 93.2 cm³/mol. The number of hydrogen-bond donors (Lipinski definition) is 1. The number of hydrogen-bond acceptors (Lipinski definition) is 4. The fourth-order valence-electron chi connectivity index (χ4n) is 3.91. The molecule has 4 heteroatoms. The Morgan fingerprint density at radius 2 is 1.75 bits per heavy atom. The van der Waals surface area contributed by atoms with Gasteiger partial charge in [-0.2, -0.15) is 0 Å². The van der Waals surface area contributed by atoms with E-state index in [2.05, 4.69) is 52.3 Å². The van der Waals surface area contributed by atoms with Gasteiger partial charge >= 0.3 is 0 Å². The van der Waals surface area contributed by atoms with Crippen molar-refractivity contribution in [1.82, 2.24) is 9.80 Å². The molecule has 24 heavy (non-hydrogen) atoms. The maximum atomic E-state index is 9.96. The van der Waals surface area contributed by atoms with Crippen LogP contribution in [0.25, 0.3) is 0 Å². The van der Waals surface area contributed by atoms with E-state index in [1.54, 1.807) is 0 Å². The monoisotopic (exact) mass is 324 g/mol. The summed E-state index contributed by atoms with van der Waals surface area (Å²) in [5.74, 6) is 0. The van der Waals surface area contributed by atoms with Gasteiger partial charge in [0.1, 0.15) is 6.23 Å². The second kappa shape index (κ2) is 7.03. The number of aliphatic hydroxyl groups is 1. The van der Waals surface area contributed by atoms with Crippen LogP contribution in [0.4, 0.5) is 0 Å². The van der Waals surface area contributed by atoms with Gasteiger partial charge in [-0.25, -0.2) is 0 Å². The van der Waals surface area contributed by atoms with Gasteiger partial charge in [0.2, 0.25) is 0 Å². The van der Waals surface area contributed by atoms with Gasteiger partial charge in [0.25, 0.3) is 0 Å². The van der Waals surface area contributed by atoms with E-state index in [0.29, 0.717) is 6.04 Å². The summed E-state index contributed by atoms with van der Waals surface area (Å²) < 4.78 is 6.03. The molecule has 4 rings (SSSR count). The summed E-state index contributed by atoms with van der Waals surface area (Å²) in [6, 6.07) is 21.2. The Kier molecular flexibility index (Phi) is 4.63. The summed E-state index contributed by atoms with van der Waals surface area (Å²) in [5.41, 5.74) is 2.48. The molecular formula is C20H24N2O2. The Morgan fingerprint density at radius 3 is 2.46 bits per heavy atom. The molecule has 1 unspecified atom stereocenters. The third kappa shape index (κ3) is 2.98. The quantitative estimate of drug-likeness (QED) is 0.938. The first-order valence-electron chi connectivity index (χ1n) is 8.69. The third-order valence-corrected chi connectivity index (χ3v) is 5.21. The highest BCUT2D eigenvalue weighted by Gasteiger charge is 2.40. The Hall–Kier alpha value is -1.72. The van der Waals surface area contributed by atoms with Gasteiger partial charge < -0.3 is 9.84 Å². The van der Waals surface area contributed by atoms with Gasteiger partial charge in [0, 0.05) is 6.54 Å². The molecule has 2 aromatic rings. The number of ether oxygens (including phenoxy) is 1. The normalized spacial score (nSPS) is 26.2. The van der Waals surface area contributed by atoms with Crippen LogP contribution in [0.2, 0.25) is 0 Å². The lowest BCUT2D eigenvalue weighted by atomic mass is 10.0. The highest BCUT2D eigenvalue weighted by Crippen LogP contribution is 2.36. The van der Waals surface area contributed by atoms with Gasteiger partial charge in [-0.3, -0.25) is 9.80 Å². The maximum absolute atomic E-state index is 9.96. The van der Waals surface area contributed by atoms with Crippen LogP contribution >= 0.6 is 0 Å². The molecule has 1 N–H and O–H groups in total. The summed E-state index contributed by atoms with van der Waals surface area (Å²) in [4.78, 5) is 4.81. The molecule has 4 nitrogen and oxygen atoms in total. The first-order valence-corrected chi connectivity index (χ1v) is 8.69. The van der Waals surface area contributed by atoms with Gasteiger partial charge in [-0.15, -0.1) is 0 Å². The summed E-state index contributed by atoms with van der Waals surface area (Å²) in [5, 5.41) is 9.96. The lowest BCUT2D eigenvalue weighted by molar-refractivity contribution is -0.0659. The number of nitrogens with zero attached hydrogens (tertiary/aromatic N) is 2. The van der Waals surface area contributed by atoms with Crippen LogP contribution in [0.3, 0.4) is 0 Å². The van der Waals surface area contributed by atoms with Crippen molar-refractivity contribution >= 4 is 0 Å². The zero-order chi connectivity index (χ0) is 16.4. The molecule has 2 aliphatic rings. The Bertz CT molecular complexity index is 649. The maximum Gasteiger partial charge on any atom is 0.113 e. The van der Waals surface area contributed by atoms with Crippen LogP contribution in [0.15, 0.2) is 60.7 Å². The van der Waals surface area contributed by atoms with Crippen molar-refractivity contribution in [1.29, 1.82) is 0 Å². The van der Waals surface area contributed by atoms with Crippen LogP contribution in [-0.4, -0.2) is 47.6 Å². The second-order valence-corrected chi connectivity index (χ2v) is 6.58. The van der Waals surface area contributed by atoms with Gasteiger partial charge in [-0.1, -0.05) is 60.7 Å². The van der Waals surface area contributed by atoms with Crippen molar-refractivity contribution in [3.05, 3.63) is 71.8 Å². The van der Waals surface area contributed by atoms with E-state index in [4.69, 9.17) is 4.74 Å². The Balaban J connectivity index is 1.54. The van der Waals surface area contributed by atoms with Crippen LogP contribution in [-0.2, 0) is 4.74 Å². The molecule has 0 saturated carbocycles. The molecule has 126 valence electrons. The highest BCUT2D eigenvalue weighted by molar-refractivity contribution is 5.21. The molecule has 0 bridgehead atoms. The summed E-state index contributed by atoms with van der Waals surface area (Å²) in [6.45, 7) is 2.66. The molecule has 0 amide bonds. The number of rotatable bonds is 4. The van der Waals surface area contributed by atoms with Crippen LogP contribution in [0.5, 0.6) is 0 Å². The number of benzene rings is 2. The predicted octanol–water partition coefficient (Wildman–Crippen LogP) is 2.78. The van der Waals surface area contributed by atoms with E-state index >= 15 is 0 Å². The second-order valence-electron chi connectivity index (χ2n) is 6.58. The SMILES string of the molecule is OC[C@@H](c1ccccc1)N1CCC2OC[C@@H](c3ccccc3)N2C1. The summed E-state index contributed by atoms with van der Waals surface area (Å²) >= 11 is 0. The number of aliphatic hydroxyl groups excluding tert-OH is 1. The molecule has 2 aromatic carbocycles. The van der Waals surface area contributed by atoms with Crippen LogP contribution in [0, 0.1) is 0 Å². The average Bonchev–Trinajstić information content (AvgIpc) is 3.07. The van der Waals surface area contributed by atoms with Gasteiger partial charge in [0.15, 0.2) is 0 Å². The molecule has 2 fully saturated rings. The van der Waals surface area contributed by atoms with Crippen LogP contribution < -0.4 is 0 Å². The lowest BCUT2D eigenvalue weighted by Gasteiger charge is -2.42. The molecule has 0 radical (unpaired) electrons. The van der Waals surface area contributed by atoms with Crippen molar-refractivity contribution in [2.75, 3.05) is 26.4 Å². The number of fused-ring (bicyclic) bond motifs is 1. The Morgan fingerprint density at radius 1 is 1.04 bits per heavy atom. The molecule has 0 aromatic heterocycles. The topological polar surface area (TPSA) is 35.9 Å². The van der Waals surface area contributed by atoms with Gasteiger partial charge in [-0.05, 0) is 17.5 Å². The summed E-state index contributed by atoms with van der Waals surface area (Å²) in [7, 11) is 0. The van der Waals surface area contributed by atoms with Crippen molar-refractivity contribution in [2.45, 2.75) is 24.7 Å². The molecule has 2 saturated heterocycles. The van der Waals surface area contributed by atoms with E-state index in [-0.39, 0.29) is 18.9 Å². The lowest BCUT2D eigenvalue weighted by Crippen LogP contribution is -2.50. The zero-order valence-corrected chi connectivity index (χ0v) is 13.8. The third-order valence-electron chi connectivity index (χ3n) is 5.21. The minimum atomic E-state index is 0.0455. The first-order chi connectivity index (χ1) is 11.9. The van der Waals surface area contributed by atoms with E-state index in [9.17, 15) is 5.11 Å². The van der Waals surface area contributed by atoms with E-state index in [1.807, 2.05) is 18.2 Å². The van der Waals surface area contributed by atoms with Crippen molar-refractivity contribution in [3.63, 3.8) is 0 Å². The van der Waals surface area contributed by atoms with Crippen molar-refractivity contribution in [2.24, 2.45) is 0 Å². The van der Waals surface area contributed by atoms with E-state index < -0.39 is 0 Å². The van der Waals surface area contributed by atoms with E-state index in [0.717, 1.165) is 26.2 Å². The smallest absolute Gasteiger partial charge is 0.113 e. The molecule has 0 spiro atoms. The first kappa shape index (κ1) is 15.8. The largest absolute Gasteiger partial charge is 0.394 e. The van der Waals surface area contributed by atoms with Crippen LogP contribution in [0.1, 0.15) is 29.6 Å². The minimum absolute atomic E-state index is 0.0455. The fourth-order valence-corrected chi connectivity index (χ4v) is 3.91. The summed E-state index contributed by atoms with van der Waals surface area (Å²) in [6.07, 6.45) is 1.17.